The summed E-state index contributed by atoms with van der Waals surface area (Å²) in [4.78, 5) is 15.1. The number of hydrogen-bond donors (Lipinski definition) is 2. The second-order valence-electron chi connectivity index (χ2n) is 4.67. The molecule has 2 N–H and O–H groups in total. The number of benzene rings is 2. The van der Waals surface area contributed by atoms with Crippen LogP contribution in [0.2, 0.25) is 5.02 Å². The molecule has 0 unspecified atom stereocenters. The summed E-state index contributed by atoms with van der Waals surface area (Å²) < 4.78 is 13.1. The number of halogens is 2. The van der Waals surface area contributed by atoms with Gasteiger partial charge < -0.3 is 10.3 Å². The molecular weight excluding hydrogens is 291 g/mol. The topological polar surface area (TPSA) is 44.9 Å². The molecule has 0 aliphatic carbocycles. The quantitative estimate of drug-likeness (QED) is 0.757. The monoisotopic (exact) mass is 302 g/mol. The Balaban J connectivity index is 1.80. The first-order valence-electron chi connectivity index (χ1n) is 6.43. The van der Waals surface area contributed by atoms with Crippen LogP contribution in [0.5, 0.6) is 0 Å². The minimum absolute atomic E-state index is 0.229. The summed E-state index contributed by atoms with van der Waals surface area (Å²) in [6, 6.07) is 11.6. The van der Waals surface area contributed by atoms with Crippen LogP contribution in [0.3, 0.4) is 0 Å². The van der Waals surface area contributed by atoms with E-state index in [1.165, 1.54) is 12.1 Å². The molecular formula is C16H12ClFN2O. The van der Waals surface area contributed by atoms with Gasteiger partial charge in [0.15, 0.2) is 0 Å². The molecule has 0 radical (unpaired) electrons. The van der Waals surface area contributed by atoms with Crippen molar-refractivity contribution in [2.24, 2.45) is 0 Å². The molecule has 106 valence electrons. The number of carbonyl (C=O) groups is 1. The van der Waals surface area contributed by atoms with Gasteiger partial charge in [-0.3, -0.25) is 4.79 Å². The number of hydrogen-bond acceptors (Lipinski definition) is 1. The van der Waals surface area contributed by atoms with E-state index in [4.69, 9.17) is 11.6 Å². The summed E-state index contributed by atoms with van der Waals surface area (Å²) in [6.45, 7) is 0.340. The third-order valence-corrected chi connectivity index (χ3v) is 3.65. The van der Waals surface area contributed by atoms with E-state index in [0.717, 1.165) is 5.56 Å². The maximum atomic E-state index is 13.1. The molecule has 0 aliphatic heterocycles. The molecule has 0 aliphatic rings. The molecule has 0 saturated carbocycles. The average Bonchev–Trinajstić information content (AvgIpc) is 2.89. The molecule has 1 aromatic heterocycles. The summed E-state index contributed by atoms with van der Waals surface area (Å²) >= 11 is 6.05. The minimum Gasteiger partial charge on any atom is -0.360 e. The highest BCUT2D eigenvalue weighted by atomic mass is 35.5. The van der Waals surface area contributed by atoms with E-state index in [1.807, 2.05) is 18.2 Å². The van der Waals surface area contributed by atoms with Gasteiger partial charge >= 0.3 is 0 Å². The predicted molar refractivity (Wildman–Crippen MR) is 80.9 cm³/mol. The molecule has 3 aromatic rings. The molecule has 2 aromatic carbocycles. The molecule has 0 spiro atoms. The van der Waals surface area contributed by atoms with Crippen LogP contribution >= 0.6 is 11.6 Å². The maximum Gasteiger partial charge on any atom is 0.253 e. The van der Waals surface area contributed by atoms with Gasteiger partial charge in [-0.15, -0.1) is 0 Å². The van der Waals surface area contributed by atoms with Crippen molar-refractivity contribution in [2.75, 3.05) is 0 Å². The molecule has 1 amide bonds. The molecule has 1 heterocycles. The van der Waals surface area contributed by atoms with Crippen molar-refractivity contribution in [2.45, 2.75) is 6.54 Å². The minimum atomic E-state index is -0.340. The van der Waals surface area contributed by atoms with Gasteiger partial charge in [-0.1, -0.05) is 29.8 Å². The maximum absolute atomic E-state index is 13.1. The predicted octanol–water partition coefficient (Wildman–Crippen LogP) is 3.89. The van der Waals surface area contributed by atoms with Crippen LogP contribution in [0.4, 0.5) is 4.39 Å². The lowest BCUT2D eigenvalue weighted by Gasteiger charge is -2.06. The Morgan fingerprint density at radius 2 is 2.05 bits per heavy atom. The van der Waals surface area contributed by atoms with Gasteiger partial charge in [0.05, 0.1) is 5.56 Å². The van der Waals surface area contributed by atoms with Gasteiger partial charge in [0.25, 0.3) is 5.91 Å². The Morgan fingerprint density at radius 3 is 2.86 bits per heavy atom. The summed E-state index contributed by atoms with van der Waals surface area (Å²) in [7, 11) is 0. The van der Waals surface area contributed by atoms with Crippen molar-refractivity contribution in [1.29, 1.82) is 0 Å². The molecule has 0 saturated heterocycles. The molecule has 0 fully saturated rings. The van der Waals surface area contributed by atoms with Gasteiger partial charge in [-0.2, -0.15) is 0 Å². The Morgan fingerprint density at radius 1 is 1.24 bits per heavy atom. The number of carbonyl (C=O) groups excluding carboxylic acids is 1. The Hall–Kier alpha value is -2.33. The number of amides is 1. The van der Waals surface area contributed by atoms with E-state index in [0.29, 0.717) is 28.0 Å². The molecule has 5 heteroatoms. The number of aromatic nitrogens is 1. The van der Waals surface area contributed by atoms with Crippen LogP contribution in [0.1, 0.15) is 15.9 Å². The third-order valence-electron chi connectivity index (χ3n) is 3.29. The van der Waals surface area contributed by atoms with Crippen LogP contribution in [0.15, 0.2) is 48.7 Å². The van der Waals surface area contributed by atoms with Crippen molar-refractivity contribution in [1.82, 2.24) is 10.3 Å². The lowest BCUT2D eigenvalue weighted by atomic mass is 10.1. The summed E-state index contributed by atoms with van der Waals surface area (Å²) in [5.74, 6) is -0.569. The first-order chi connectivity index (χ1) is 10.1. The van der Waals surface area contributed by atoms with E-state index >= 15 is 0 Å². The summed E-state index contributed by atoms with van der Waals surface area (Å²) in [6.07, 6.45) is 1.58. The third kappa shape index (κ3) is 2.76. The summed E-state index contributed by atoms with van der Waals surface area (Å²) in [5.41, 5.74) is 1.92. The van der Waals surface area contributed by atoms with Crippen LogP contribution in [-0.4, -0.2) is 10.9 Å². The van der Waals surface area contributed by atoms with Crippen molar-refractivity contribution in [3.63, 3.8) is 0 Å². The lowest BCUT2D eigenvalue weighted by molar-refractivity contribution is 0.0952. The second-order valence-corrected chi connectivity index (χ2v) is 5.07. The normalized spacial score (nSPS) is 10.8. The Bertz CT molecular complexity index is 813. The zero-order valence-corrected chi connectivity index (χ0v) is 11.7. The zero-order valence-electron chi connectivity index (χ0n) is 11.0. The van der Waals surface area contributed by atoms with Gasteiger partial charge in [0.1, 0.15) is 5.82 Å². The van der Waals surface area contributed by atoms with Gasteiger partial charge in [-0.05, 0) is 29.8 Å². The molecule has 0 bridgehead atoms. The highest BCUT2D eigenvalue weighted by Gasteiger charge is 2.12. The molecule has 3 nitrogen and oxygen atoms in total. The van der Waals surface area contributed by atoms with E-state index in [1.54, 1.807) is 18.3 Å². The number of H-pyrrole nitrogens is 1. The molecule has 0 atom stereocenters. The highest BCUT2D eigenvalue weighted by molar-refractivity contribution is 6.31. The molecule has 3 rings (SSSR count). The number of nitrogens with one attached hydrogen (secondary N) is 2. The highest BCUT2D eigenvalue weighted by Crippen LogP contribution is 2.20. The number of aromatic amines is 1. The van der Waals surface area contributed by atoms with Crippen LogP contribution in [0, 0.1) is 5.82 Å². The van der Waals surface area contributed by atoms with E-state index in [-0.39, 0.29) is 11.7 Å². The summed E-state index contributed by atoms with van der Waals surface area (Å²) in [5, 5.41) is 4.11. The van der Waals surface area contributed by atoms with Crippen molar-refractivity contribution in [3.05, 3.63) is 70.6 Å². The first-order valence-corrected chi connectivity index (χ1v) is 6.81. The van der Waals surface area contributed by atoms with Gasteiger partial charge in [0, 0.05) is 28.7 Å². The van der Waals surface area contributed by atoms with Crippen molar-refractivity contribution < 1.29 is 9.18 Å². The molecule has 21 heavy (non-hydrogen) atoms. The standard InChI is InChI=1S/C16H12ClFN2O/c17-14-4-2-1-3-10(14)8-20-16(21)13-9-19-15-7-11(18)5-6-12(13)15/h1-7,9,19H,8H2,(H,20,21). The van der Waals surface area contributed by atoms with Crippen molar-refractivity contribution in [3.8, 4) is 0 Å². The Labute approximate surface area is 125 Å². The average molecular weight is 303 g/mol. The number of fused-ring (bicyclic) bond motifs is 1. The smallest absolute Gasteiger partial charge is 0.253 e. The SMILES string of the molecule is O=C(NCc1ccccc1Cl)c1c[nH]c2cc(F)ccc12. The fourth-order valence-corrected chi connectivity index (χ4v) is 2.40. The Kier molecular flexibility index (Phi) is 3.62. The first kappa shape index (κ1) is 13.6. The van der Waals surface area contributed by atoms with E-state index < -0.39 is 0 Å². The van der Waals surface area contributed by atoms with Crippen LogP contribution < -0.4 is 5.32 Å². The second kappa shape index (κ2) is 5.58. The van der Waals surface area contributed by atoms with E-state index in [9.17, 15) is 9.18 Å². The zero-order chi connectivity index (χ0) is 14.8. The van der Waals surface area contributed by atoms with Crippen LogP contribution in [-0.2, 0) is 6.54 Å². The number of rotatable bonds is 3. The largest absolute Gasteiger partial charge is 0.360 e. The van der Waals surface area contributed by atoms with Crippen molar-refractivity contribution >= 4 is 28.4 Å². The fraction of sp³-hybridized carbons (Fsp3) is 0.0625. The van der Waals surface area contributed by atoms with Crippen LogP contribution in [0.25, 0.3) is 10.9 Å². The van der Waals surface area contributed by atoms with Gasteiger partial charge in [0.2, 0.25) is 0 Å². The lowest BCUT2D eigenvalue weighted by Crippen LogP contribution is -2.22. The van der Waals surface area contributed by atoms with Gasteiger partial charge in [-0.25, -0.2) is 4.39 Å². The fourth-order valence-electron chi connectivity index (χ4n) is 2.20. The van der Waals surface area contributed by atoms with E-state index in [2.05, 4.69) is 10.3 Å².